The summed E-state index contributed by atoms with van der Waals surface area (Å²) in [5.41, 5.74) is 13.3. The van der Waals surface area contributed by atoms with E-state index < -0.39 is 0 Å². The van der Waals surface area contributed by atoms with Crippen molar-refractivity contribution in [3.63, 3.8) is 0 Å². The maximum absolute atomic E-state index is 5.91. The van der Waals surface area contributed by atoms with E-state index in [0.717, 1.165) is 0 Å². The average Bonchev–Trinajstić information content (AvgIpc) is 3.31. The van der Waals surface area contributed by atoms with Crippen molar-refractivity contribution < 1.29 is 9.47 Å². The minimum atomic E-state index is 0.686. The third-order valence-corrected chi connectivity index (χ3v) is 5.76. The Hall–Kier alpha value is -2.42. The Labute approximate surface area is 154 Å². The van der Waals surface area contributed by atoms with Gasteiger partial charge in [-0.05, 0) is 69.5 Å². The van der Waals surface area contributed by atoms with Crippen LogP contribution in [-0.2, 0) is 35.9 Å². The summed E-state index contributed by atoms with van der Waals surface area (Å²) in [5, 5.41) is 0. The van der Waals surface area contributed by atoms with Crippen molar-refractivity contribution in [1.82, 2.24) is 0 Å². The second-order valence-electron chi connectivity index (χ2n) is 7.28. The van der Waals surface area contributed by atoms with Crippen LogP contribution in [0.2, 0.25) is 0 Å². The molecule has 0 aliphatic carbocycles. The molecule has 0 bridgehead atoms. The van der Waals surface area contributed by atoms with Gasteiger partial charge in [-0.15, -0.1) is 0 Å². The van der Waals surface area contributed by atoms with Crippen molar-refractivity contribution in [1.29, 1.82) is 0 Å². The van der Waals surface area contributed by atoms with Gasteiger partial charge in [0.05, 0.1) is 26.4 Å². The Morgan fingerprint density at radius 1 is 0.538 bits per heavy atom. The molecule has 0 aromatic heterocycles. The molecular formula is C24H22O2. The summed E-state index contributed by atoms with van der Waals surface area (Å²) in [6.07, 6.45) is 0. The van der Waals surface area contributed by atoms with Crippen LogP contribution in [-0.4, -0.2) is 0 Å². The molecule has 5 rings (SSSR count). The Morgan fingerprint density at radius 3 is 1.35 bits per heavy atom. The second kappa shape index (κ2) is 6.08. The van der Waals surface area contributed by atoms with Gasteiger partial charge in [0.15, 0.2) is 0 Å². The number of rotatable bonds is 2. The molecule has 2 aliphatic rings. The van der Waals surface area contributed by atoms with Crippen LogP contribution in [0.5, 0.6) is 0 Å². The van der Waals surface area contributed by atoms with E-state index in [9.17, 15) is 0 Å². The minimum Gasteiger partial charge on any atom is -0.372 e. The predicted molar refractivity (Wildman–Crippen MR) is 104 cm³/mol. The minimum absolute atomic E-state index is 0.686. The van der Waals surface area contributed by atoms with Gasteiger partial charge in [-0.3, -0.25) is 0 Å². The quantitative estimate of drug-likeness (QED) is 0.595. The number of ether oxygens (including phenoxy) is 2. The van der Waals surface area contributed by atoms with E-state index in [1.54, 1.807) is 0 Å². The fourth-order valence-electron chi connectivity index (χ4n) is 4.45. The van der Waals surface area contributed by atoms with Gasteiger partial charge >= 0.3 is 0 Å². The zero-order chi connectivity index (χ0) is 17.7. The molecular weight excluding hydrogens is 320 g/mol. The number of benzene rings is 3. The predicted octanol–water partition coefficient (Wildman–Crippen LogP) is 5.70. The summed E-state index contributed by atoms with van der Waals surface area (Å²) in [5.74, 6) is 0. The molecule has 3 aromatic carbocycles. The lowest BCUT2D eigenvalue weighted by molar-refractivity contribution is 0.126. The van der Waals surface area contributed by atoms with Crippen molar-refractivity contribution in [2.45, 2.75) is 40.3 Å². The summed E-state index contributed by atoms with van der Waals surface area (Å²) >= 11 is 0. The summed E-state index contributed by atoms with van der Waals surface area (Å²) in [6, 6.07) is 17.4. The monoisotopic (exact) mass is 342 g/mol. The number of aryl methyl sites for hydroxylation is 2. The molecule has 26 heavy (non-hydrogen) atoms. The van der Waals surface area contributed by atoms with Crippen LogP contribution < -0.4 is 0 Å². The molecule has 0 amide bonds. The lowest BCUT2D eigenvalue weighted by Gasteiger charge is -2.21. The highest BCUT2D eigenvalue weighted by atomic mass is 16.5. The summed E-state index contributed by atoms with van der Waals surface area (Å²) in [7, 11) is 0. The Bertz CT molecular complexity index is 934. The molecule has 130 valence electrons. The SMILES string of the molecule is Cc1ccccc1-c1c2c(c3c(c1-c1ccccc1C)COC3)COC2. The first kappa shape index (κ1) is 15.8. The zero-order valence-electron chi connectivity index (χ0n) is 15.3. The van der Waals surface area contributed by atoms with Crippen LogP contribution in [0.3, 0.4) is 0 Å². The fraction of sp³-hybridized carbons (Fsp3) is 0.250. The number of hydrogen-bond acceptors (Lipinski definition) is 2. The molecule has 2 aliphatic heterocycles. The van der Waals surface area contributed by atoms with Gasteiger partial charge in [-0.25, -0.2) is 0 Å². The molecule has 0 N–H and O–H groups in total. The van der Waals surface area contributed by atoms with Gasteiger partial charge in [-0.2, -0.15) is 0 Å². The highest BCUT2D eigenvalue weighted by Gasteiger charge is 2.31. The maximum atomic E-state index is 5.91. The van der Waals surface area contributed by atoms with Gasteiger partial charge in [0.2, 0.25) is 0 Å². The summed E-state index contributed by atoms with van der Waals surface area (Å²) in [4.78, 5) is 0. The van der Waals surface area contributed by atoms with Crippen molar-refractivity contribution in [2.24, 2.45) is 0 Å². The standard InChI is InChI=1S/C24H22O2/c1-15-7-3-5-9-17(15)23-21-13-25-11-19(21)20-12-26-14-22(20)24(23)18-10-6-4-8-16(18)2/h3-10H,11-14H2,1-2H3. The van der Waals surface area contributed by atoms with Crippen LogP contribution in [0.15, 0.2) is 48.5 Å². The van der Waals surface area contributed by atoms with Crippen LogP contribution in [0.1, 0.15) is 33.4 Å². The molecule has 2 heterocycles. The summed E-state index contributed by atoms with van der Waals surface area (Å²) < 4.78 is 11.8. The molecule has 0 saturated carbocycles. The van der Waals surface area contributed by atoms with E-state index in [1.165, 1.54) is 55.6 Å². The van der Waals surface area contributed by atoms with E-state index in [2.05, 4.69) is 62.4 Å². The van der Waals surface area contributed by atoms with Crippen LogP contribution in [0.4, 0.5) is 0 Å². The van der Waals surface area contributed by atoms with E-state index in [4.69, 9.17) is 9.47 Å². The molecule has 0 radical (unpaired) electrons. The van der Waals surface area contributed by atoms with E-state index in [0.29, 0.717) is 26.4 Å². The first-order valence-electron chi connectivity index (χ1n) is 9.22. The smallest absolute Gasteiger partial charge is 0.0731 e. The van der Waals surface area contributed by atoms with Crippen molar-refractivity contribution in [2.75, 3.05) is 0 Å². The summed E-state index contributed by atoms with van der Waals surface area (Å²) in [6.45, 7) is 7.17. The van der Waals surface area contributed by atoms with E-state index >= 15 is 0 Å². The lowest BCUT2D eigenvalue weighted by atomic mass is 9.81. The van der Waals surface area contributed by atoms with Crippen molar-refractivity contribution in [3.8, 4) is 22.3 Å². The van der Waals surface area contributed by atoms with Crippen molar-refractivity contribution >= 4 is 0 Å². The van der Waals surface area contributed by atoms with Gasteiger partial charge in [-0.1, -0.05) is 48.5 Å². The molecule has 0 saturated heterocycles. The average molecular weight is 342 g/mol. The molecule has 3 aromatic rings. The van der Waals surface area contributed by atoms with Gasteiger partial charge in [0, 0.05) is 0 Å². The first-order chi connectivity index (χ1) is 12.8. The molecule has 0 fully saturated rings. The largest absolute Gasteiger partial charge is 0.372 e. The van der Waals surface area contributed by atoms with E-state index in [-0.39, 0.29) is 0 Å². The third kappa shape index (κ3) is 2.26. The number of hydrogen-bond donors (Lipinski definition) is 0. The van der Waals surface area contributed by atoms with Crippen LogP contribution >= 0.6 is 0 Å². The topological polar surface area (TPSA) is 18.5 Å². The zero-order valence-corrected chi connectivity index (χ0v) is 15.3. The normalized spacial score (nSPS) is 15.2. The van der Waals surface area contributed by atoms with Gasteiger partial charge < -0.3 is 9.47 Å². The van der Waals surface area contributed by atoms with Crippen molar-refractivity contribution in [3.05, 3.63) is 81.9 Å². The highest BCUT2D eigenvalue weighted by molar-refractivity contribution is 5.92. The van der Waals surface area contributed by atoms with Crippen LogP contribution in [0, 0.1) is 13.8 Å². The van der Waals surface area contributed by atoms with Gasteiger partial charge in [0.25, 0.3) is 0 Å². The lowest BCUT2D eigenvalue weighted by Crippen LogP contribution is -2.03. The second-order valence-corrected chi connectivity index (χ2v) is 7.28. The van der Waals surface area contributed by atoms with E-state index in [1.807, 2.05) is 0 Å². The molecule has 2 nitrogen and oxygen atoms in total. The third-order valence-electron chi connectivity index (χ3n) is 5.76. The maximum Gasteiger partial charge on any atom is 0.0731 e. The first-order valence-corrected chi connectivity index (χ1v) is 9.22. The Morgan fingerprint density at radius 2 is 0.923 bits per heavy atom. The number of fused-ring (bicyclic) bond motifs is 3. The Balaban J connectivity index is 1.94. The molecule has 0 spiro atoms. The fourth-order valence-corrected chi connectivity index (χ4v) is 4.45. The molecule has 0 unspecified atom stereocenters. The molecule has 2 heteroatoms. The van der Waals surface area contributed by atoms with Gasteiger partial charge in [0.1, 0.15) is 0 Å². The van der Waals surface area contributed by atoms with Crippen LogP contribution in [0.25, 0.3) is 22.3 Å². The highest BCUT2D eigenvalue weighted by Crippen LogP contribution is 2.47. The molecule has 0 atom stereocenters. The Kier molecular flexibility index (Phi) is 3.70.